The number of carbonyl (C=O) groups excluding carboxylic acids is 2. The van der Waals surface area contributed by atoms with E-state index in [2.05, 4.69) is 11.9 Å². The summed E-state index contributed by atoms with van der Waals surface area (Å²) < 4.78 is 5.19. The maximum atomic E-state index is 12.2. The van der Waals surface area contributed by atoms with Crippen molar-refractivity contribution < 1.29 is 14.0 Å². The summed E-state index contributed by atoms with van der Waals surface area (Å²) in [6.45, 7) is 4.67. The van der Waals surface area contributed by atoms with Crippen LogP contribution in [0.25, 0.3) is 0 Å². The van der Waals surface area contributed by atoms with Crippen molar-refractivity contribution in [3.05, 3.63) is 72.2 Å². The van der Waals surface area contributed by atoms with Crippen molar-refractivity contribution in [2.45, 2.75) is 25.4 Å². The Morgan fingerprint density at radius 1 is 1.29 bits per heavy atom. The van der Waals surface area contributed by atoms with Gasteiger partial charge in [0.25, 0.3) is 5.91 Å². The van der Waals surface area contributed by atoms with E-state index in [4.69, 9.17) is 4.42 Å². The fraction of sp³-hybridized carbons (Fsp3) is 0.263. The van der Waals surface area contributed by atoms with E-state index in [1.807, 2.05) is 23.1 Å². The van der Waals surface area contributed by atoms with Gasteiger partial charge in [0.15, 0.2) is 0 Å². The highest BCUT2D eigenvalue weighted by atomic mass is 16.3. The fourth-order valence-corrected chi connectivity index (χ4v) is 3.03. The van der Waals surface area contributed by atoms with E-state index in [-0.39, 0.29) is 17.9 Å². The molecule has 2 amide bonds. The number of nitrogens with zero attached hydrogens (tertiary/aromatic N) is 1. The predicted molar refractivity (Wildman–Crippen MR) is 90.2 cm³/mol. The van der Waals surface area contributed by atoms with E-state index in [1.165, 1.54) is 6.08 Å². The molecule has 0 spiro atoms. The highest BCUT2D eigenvalue weighted by molar-refractivity contribution is 5.94. The molecule has 0 aliphatic carbocycles. The average Bonchev–Trinajstić information content (AvgIpc) is 3.30. The van der Waals surface area contributed by atoms with Gasteiger partial charge >= 0.3 is 0 Å². The second-order valence-corrected chi connectivity index (χ2v) is 5.78. The maximum Gasteiger partial charge on any atom is 0.251 e. The molecule has 5 nitrogen and oxygen atoms in total. The minimum atomic E-state index is -0.150. The molecule has 1 unspecified atom stereocenters. The molecule has 1 aliphatic rings. The van der Waals surface area contributed by atoms with Crippen molar-refractivity contribution in [1.29, 1.82) is 0 Å². The van der Waals surface area contributed by atoms with E-state index in [0.717, 1.165) is 24.9 Å². The van der Waals surface area contributed by atoms with Crippen LogP contribution < -0.4 is 5.32 Å². The van der Waals surface area contributed by atoms with E-state index in [0.29, 0.717) is 17.9 Å². The Kier molecular flexibility index (Phi) is 4.79. The molecule has 5 heteroatoms. The number of rotatable bonds is 5. The molecule has 1 atom stereocenters. The summed E-state index contributed by atoms with van der Waals surface area (Å²) in [6.07, 6.45) is 4.85. The average molecular weight is 324 g/mol. The molecule has 0 radical (unpaired) electrons. The topological polar surface area (TPSA) is 62.6 Å². The molecule has 1 saturated heterocycles. The molecule has 24 heavy (non-hydrogen) atoms. The second-order valence-electron chi connectivity index (χ2n) is 5.78. The number of nitrogens with one attached hydrogen (secondary N) is 1. The zero-order valence-electron chi connectivity index (χ0n) is 13.4. The quantitative estimate of drug-likeness (QED) is 0.860. The smallest absolute Gasteiger partial charge is 0.251 e. The lowest BCUT2D eigenvalue weighted by Gasteiger charge is -2.23. The summed E-state index contributed by atoms with van der Waals surface area (Å²) in [5.74, 6) is 0.519. The molecule has 3 rings (SSSR count). The summed E-state index contributed by atoms with van der Waals surface area (Å²) >= 11 is 0. The zero-order valence-corrected chi connectivity index (χ0v) is 13.4. The Morgan fingerprint density at radius 3 is 2.75 bits per heavy atom. The van der Waals surface area contributed by atoms with Crippen LogP contribution in [0.2, 0.25) is 0 Å². The highest BCUT2D eigenvalue weighted by Gasteiger charge is 2.28. The van der Waals surface area contributed by atoms with Crippen LogP contribution in [0.15, 0.2) is 59.7 Å². The van der Waals surface area contributed by atoms with Crippen LogP contribution in [-0.4, -0.2) is 23.3 Å². The van der Waals surface area contributed by atoms with Gasteiger partial charge in [-0.2, -0.15) is 0 Å². The standard InChI is InChI=1S/C19H20N2O3/c1-2-18(22)21-11-3-6-17(21)14-7-9-15(10-8-14)19(23)20-13-16-5-4-12-24-16/h2,4-5,7-10,12,17H,1,3,6,11,13H2,(H,20,23). The van der Waals surface area contributed by atoms with Crippen LogP contribution in [0.4, 0.5) is 0 Å². The first-order valence-electron chi connectivity index (χ1n) is 8.02. The van der Waals surface area contributed by atoms with Crippen molar-refractivity contribution in [3.8, 4) is 0 Å². The number of hydrogen-bond acceptors (Lipinski definition) is 3. The number of likely N-dealkylation sites (tertiary alicyclic amines) is 1. The lowest BCUT2D eigenvalue weighted by atomic mass is 10.0. The molecule has 1 N–H and O–H groups in total. The van der Waals surface area contributed by atoms with Crippen molar-refractivity contribution in [1.82, 2.24) is 10.2 Å². The summed E-state index contributed by atoms with van der Waals surface area (Å²) in [7, 11) is 0. The van der Waals surface area contributed by atoms with Gasteiger partial charge < -0.3 is 14.6 Å². The zero-order chi connectivity index (χ0) is 16.9. The third kappa shape index (κ3) is 3.40. The van der Waals surface area contributed by atoms with E-state index in [1.54, 1.807) is 24.5 Å². The number of amides is 2. The Balaban J connectivity index is 1.65. The van der Waals surface area contributed by atoms with E-state index < -0.39 is 0 Å². The molecule has 1 aromatic carbocycles. The van der Waals surface area contributed by atoms with E-state index >= 15 is 0 Å². The lowest BCUT2D eigenvalue weighted by molar-refractivity contribution is -0.126. The van der Waals surface area contributed by atoms with Crippen LogP contribution >= 0.6 is 0 Å². The summed E-state index contributed by atoms with van der Waals surface area (Å²) in [6, 6.07) is 11.1. The van der Waals surface area contributed by atoms with Gasteiger partial charge in [-0.25, -0.2) is 0 Å². The first-order chi connectivity index (χ1) is 11.7. The van der Waals surface area contributed by atoms with Crippen LogP contribution in [0.1, 0.15) is 40.6 Å². The van der Waals surface area contributed by atoms with Gasteiger partial charge in [0, 0.05) is 12.1 Å². The first kappa shape index (κ1) is 16.1. The largest absolute Gasteiger partial charge is 0.467 e. The molecule has 0 bridgehead atoms. The Hall–Kier alpha value is -2.82. The third-order valence-corrected chi connectivity index (χ3v) is 4.27. The van der Waals surface area contributed by atoms with Gasteiger partial charge in [0.1, 0.15) is 5.76 Å². The minimum absolute atomic E-state index is 0.0437. The first-order valence-corrected chi connectivity index (χ1v) is 8.02. The number of benzene rings is 1. The van der Waals surface area contributed by atoms with Crippen LogP contribution in [0.5, 0.6) is 0 Å². The van der Waals surface area contributed by atoms with Gasteiger partial charge in [0.2, 0.25) is 5.91 Å². The molecule has 0 saturated carbocycles. The minimum Gasteiger partial charge on any atom is -0.467 e. The summed E-state index contributed by atoms with van der Waals surface area (Å²) in [5, 5.41) is 2.82. The Labute approximate surface area is 141 Å². The lowest BCUT2D eigenvalue weighted by Crippen LogP contribution is -2.28. The van der Waals surface area contributed by atoms with Gasteiger partial charge in [-0.1, -0.05) is 18.7 Å². The fourth-order valence-electron chi connectivity index (χ4n) is 3.03. The van der Waals surface area contributed by atoms with Crippen molar-refractivity contribution in [2.24, 2.45) is 0 Å². The Bertz CT molecular complexity index is 720. The summed E-state index contributed by atoms with van der Waals surface area (Å²) in [4.78, 5) is 25.9. The summed E-state index contributed by atoms with van der Waals surface area (Å²) in [5.41, 5.74) is 1.63. The van der Waals surface area contributed by atoms with Crippen molar-refractivity contribution in [2.75, 3.05) is 6.54 Å². The van der Waals surface area contributed by atoms with Gasteiger partial charge in [-0.3, -0.25) is 9.59 Å². The van der Waals surface area contributed by atoms with Gasteiger partial charge in [0.05, 0.1) is 18.8 Å². The molecule has 2 aromatic rings. The van der Waals surface area contributed by atoms with Crippen molar-refractivity contribution >= 4 is 11.8 Å². The molecule has 124 valence electrons. The van der Waals surface area contributed by atoms with Crippen LogP contribution in [0.3, 0.4) is 0 Å². The normalized spacial score (nSPS) is 16.8. The monoisotopic (exact) mass is 324 g/mol. The third-order valence-electron chi connectivity index (χ3n) is 4.27. The molecule has 2 heterocycles. The SMILES string of the molecule is C=CC(=O)N1CCCC1c1ccc(C(=O)NCc2ccco2)cc1. The molecular formula is C19H20N2O3. The predicted octanol–water partition coefficient (Wildman–Crippen LogP) is 3.06. The van der Waals surface area contributed by atoms with Crippen LogP contribution in [0, 0.1) is 0 Å². The second kappa shape index (κ2) is 7.17. The molecule has 1 aliphatic heterocycles. The maximum absolute atomic E-state index is 12.2. The van der Waals surface area contributed by atoms with E-state index in [9.17, 15) is 9.59 Å². The molecular weight excluding hydrogens is 304 g/mol. The number of carbonyl (C=O) groups is 2. The molecule has 1 fully saturated rings. The van der Waals surface area contributed by atoms with Gasteiger partial charge in [-0.15, -0.1) is 0 Å². The van der Waals surface area contributed by atoms with Gasteiger partial charge in [-0.05, 0) is 48.7 Å². The number of hydrogen-bond donors (Lipinski definition) is 1. The highest BCUT2D eigenvalue weighted by Crippen LogP contribution is 2.32. The Morgan fingerprint density at radius 2 is 2.08 bits per heavy atom. The van der Waals surface area contributed by atoms with Crippen LogP contribution in [-0.2, 0) is 11.3 Å². The number of furan rings is 1. The van der Waals surface area contributed by atoms with Crippen molar-refractivity contribution in [3.63, 3.8) is 0 Å². The molecule has 1 aromatic heterocycles.